The summed E-state index contributed by atoms with van der Waals surface area (Å²) in [6, 6.07) is 0. The molecule has 106 valence electrons. The van der Waals surface area contributed by atoms with Gasteiger partial charge in [-0.2, -0.15) is 4.31 Å². The van der Waals surface area contributed by atoms with E-state index >= 15 is 0 Å². The van der Waals surface area contributed by atoms with Crippen molar-refractivity contribution in [2.75, 3.05) is 26.2 Å². The highest BCUT2D eigenvalue weighted by Crippen LogP contribution is 2.29. The molecule has 0 aromatic rings. The van der Waals surface area contributed by atoms with Gasteiger partial charge in [0.1, 0.15) is 4.87 Å². The highest BCUT2D eigenvalue weighted by atomic mass is 32.2. The Labute approximate surface area is 109 Å². The maximum absolute atomic E-state index is 12.5. The molecule has 0 unspecified atom stereocenters. The van der Waals surface area contributed by atoms with E-state index in [1.807, 2.05) is 13.8 Å². The van der Waals surface area contributed by atoms with Crippen molar-refractivity contribution in [3.05, 3.63) is 0 Å². The fourth-order valence-corrected chi connectivity index (χ4v) is 4.06. The predicted octanol–water partition coefficient (Wildman–Crippen LogP) is 0.411. The first kappa shape index (κ1) is 15.4. The van der Waals surface area contributed by atoms with Crippen LogP contribution in [0.1, 0.15) is 27.7 Å². The molecule has 0 bridgehead atoms. The van der Waals surface area contributed by atoms with Crippen molar-refractivity contribution in [3.63, 3.8) is 0 Å². The smallest absolute Gasteiger partial charge is 0.317 e. The van der Waals surface area contributed by atoms with E-state index in [0.717, 1.165) is 0 Å². The van der Waals surface area contributed by atoms with E-state index in [1.165, 1.54) is 9.21 Å². The Kier molecular flexibility index (Phi) is 4.40. The zero-order valence-corrected chi connectivity index (χ0v) is 12.2. The van der Waals surface area contributed by atoms with Crippen molar-refractivity contribution in [1.82, 2.24) is 9.21 Å². The lowest BCUT2D eigenvalue weighted by atomic mass is 10.2. The number of aliphatic carboxylic acids is 1. The second kappa shape index (κ2) is 5.14. The molecule has 1 aliphatic rings. The molecule has 0 radical (unpaired) electrons. The number of hydrogen-bond acceptors (Lipinski definition) is 4. The molecule has 18 heavy (non-hydrogen) atoms. The maximum Gasteiger partial charge on any atom is 0.317 e. The lowest BCUT2D eigenvalue weighted by molar-refractivity contribution is -0.139. The SMILES string of the molecule is CC(C)CN1CCN(CC(=O)O)C(C)(C)S1(=O)=O. The summed E-state index contributed by atoms with van der Waals surface area (Å²) in [7, 11) is -3.50. The molecule has 0 saturated carbocycles. The van der Waals surface area contributed by atoms with Gasteiger partial charge in [0, 0.05) is 19.6 Å². The molecule has 1 heterocycles. The largest absolute Gasteiger partial charge is 0.480 e. The predicted molar refractivity (Wildman–Crippen MR) is 68.6 cm³/mol. The molecule has 0 aromatic carbocycles. The van der Waals surface area contributed by atoms with Crippen LogP contribution in [0, 0.1) is 5.92 Å². The van der Waals surface area contributed by atoms with Crippen LogP contribution < -0.4 is 0 Å². The normalized spacial score (nSPS) is 24.3. The van der Waals surface area contributed by atoms with Crippen molar-refractivity contribution >= 4 is 16.0 Å². The van der Waals surface area contributed by atoms with Gasteiger partial charge in [-0.15, -0.1) is 0 Å². The van der Waals surface area contributed by atoms with Crippen molar-refractivity contribution in [2.24, 2.45) is 5.92 Å². The Hall–Kier alpha value is -0.660. The molecule has 0 spiro atoms. The molecule has 1 saturated heterocycles. The van der Waals surface area contributed by atoms with Crippen molar-refractivity contribution < 1.29 is 18.3 Å². The molecule has 7 heteroatoms. The van der Waals surface area contributed by atoms with Gasteiger partial charge in [-0.1, -0.05) is 13.8 Å². The van der Waals surface area contributed by atoms with Gasteiger partial charge in [-0.3, -0.25) is 9.69 Å². The lowest BCUT2D eigenvalue weighted by Gasteiger charge is -2.45. The third-order valence-corrected chi connectivity index (χ3v) is 5.78. The van der Waals surface area contributed by atoms with Crippen LogP contribution in [0.15, 0.2) is 0 Å². The third-order valence-electron chi connectivity index (χ3n) is 3.25. The van der Waals surface area contributed by atoms with Gasteiger partial charge >= 0.3 is 5.97 Å². The van der Waals surface area contributed by atoms with E-state index < -0.39 is 20.9 Å². The molecule has 1 N–H and O–H groups in total. The molecule has 0 aliphatic carbocycles. The molecule has 1 fully saturated rings. The number of carboxylic acid groups (broad SMARTS) is 1. The number of sulfonamides is 1. The molecule has 1 rings (SSSR count). The van der Waals surface area contributed by atoms with Crippen LogP contribution in [0.2, 0.25) is 0 Å². The monoisotopic (exact) mass is 278 g/mol. The van der Waals surface area contributed by atoms with Gasteiger partial charge in [0.15, 0.2) is 0 Å². The summed E-state index contributed by atoms with van der Waals surface area (Å²) < 4.78 is 26.4. The summed E-state index contributed by atoms with van der Waals surface area (Å²) in [4.78, 5) is 11.1. The Morgan fingerprint density at radius 1 is 1.33 bits per heavy atom. The van der Waals surface area contributed by atoms with Crippen LogP contribution in [-0.4, -0.2) is 59.7 Å². The summed E-state index contributed by atoms with van der Waals surface area (Å²) in [6.45, 7) is 8.10. The van der Waals surface area contributed by atoms with Crippen LogP contribution in [0.25, 0.3) is 0 Å². The number of nitrogens with zero attached hydrogens (tertiary/aromatic N) is 2. The topological polar surface area (TPSA) is 77.9 Å². The van der Waals surface area contributed by atoms with Crippen molar-refractivity contribution in [1.29, 1.82) is 0 Å². The van der Waals surface area contributed by atoms with E-state index in [9.17, 15) is 13.2 Å². The minimum Gasteiger partial charge on any atom is -0.480 e. The Morgan fingerprint density at radius 2 is 1.89 bits per heavy atom. The van der Waals surface area contributed by atoms with Gasteiger partial charge in [-0.25, -0.2) is 8.42 Å². The highest BCUT2D eigenvalue weighted by Gasteiger charge is 2.48. The first-order chi connectivity index (χ1) is 8.09. The molecule has 0 atom stereocenters. The zero-order valence-electron chi connectivity index (χ0n) is 11.4. The van der Waals surface area contributed by atoms with Crippen LogP contribution in [-0.2, 0) is 14.8 Å². The van der Waals surface area contributed by atoms with Crippen molar-refractivity contribution in [3.8, 4) is 0 Å². The first-order valence-electron chi connectivity index (χ1n) is 6.05. The van der Waals surface area contributed by atoms with E-state index in [4.69, 9.17) is 5.11 Å². The molecule has 1 aliphatic heterocycles. The fraction of sp³-hybridized carbons (Fsp3) is 0.909. The second-order valence-electron chi connectivity index (χ2n) is 5.52. The zero-order chi connectivity index (χ0) is 14.1. The van der Waals surface area contributed by atoms with E-state index in [0.29, 0.717) is 19.6 Å². The van der Waals surface area contributed by atoms with Gasteiger partial charge in [0.2, 0.25) is 10.0 Å². The minimum atomic E-state index is -3.50. The number of carboxylic acids is 1. The average molecular weight is 278 g/mol. The molecule has 0 aromatic heterocycles. The van der Waals surface area contributed by atoms with Gasteiger partial charge in [0.05, 0.1) is 6.54 Å². The Bertz CT molecular complexity index is 417. The quantitative estimate of drug-likeness (QED) is 0.806. The standard InChI is InChI=1S/C11H22N2O4S/c1-9(2)7-13-6-5-12(8-10(14)15)11(3,4)18(13,16)17/h9H,5-8H2,1-4H3,(H,14,15). The summed E-state index contributed by atoms with van der Waals surface area (Å²) in [6.07, 6.45) is 0. The summed E-state index contributed by atoms with van der Waals surface area (Å²) in [5.41, 5.74) is 0. The third kappa shape index (κ3) is 2.84. The summed E-state index contributed by atoms with van der Waals surface area (Å²) in [5.74, 6) is -0.753. The van der Waals surface area contributed by atoms with Crippen LogP contribution in [0.4, 0.5) is 0 Å². The summed E-state index contributed by atoms with van der Waals surface area (Å²) in [5, 5.41) is 8.83. The summed E-state index contributed by atoms with van der Waals surface area (Å²) >= 11 is 0. The van der Waals surface area contributed by atoms with E-state index in [1.54, 1.807) is 13.8 Å². The average Bonchev–Trinajstić information content (AvgIpc) is 2.18. The van der Waals surface area contributed by atoms with Crippen LogP contribution in [0.5, 0.6) is 0 Å². The minimum absolute atomic E-state index is 0.248. The lowest BCUT2D eigenvalue weighted by Crippen LogP contribution is -2.63. The number of carbonyl (C=O) groups is 1. The first-order valence-corrected chi connectivity index (χ1v) is 7.49. The number of hydrogen-bond donors (Lipinski definition) is 1. The van der Waals surface area contributed by atoms with Crippen molar-refractivity contribution in [2.45, 2.75) is 32.6 Å². The van der Waals surface area contributed by atoms with Crippen LogP contribution in [0.3, 0.4) is 0 Å². The molecular formula is C11H22N2O4S. The fourth-order valence-electron chi connectivity index (χ4n) is 2.13. The van der Waals surface area contributed by atoms with Gasteiger partial charge in [-0.05, 0) is 19.8 Å². The highest BCUT2D eigenvalue weighted by molar-refractivity contribution is 7.90. The Balaban J connectivity index is 2.98. The van der Waals surface area contributed by atoms with Gasteiger partial charge in [0.25, 0.3) is 0 Å². The van der Waals surface area contributed by atoms with E-state index in [-0.39, 0.29) is 12.5 Å². The van der Waals surface area contributed by atoms with Crippen LogP contribution >= 0.6 is 0 Å². The molecular weight excluding hydrogens is 256 g/mol. The second-order valence-corrected chi connectivity index (χ2v) is 7.98. The number of rotatable bonds is 4. The molecule has 6 nitrogen and oxygen atoms in total. The molecule has 0 amide bonds. The Morgan fingerprint density at radius 3 is 2.33 bits per heavy atom. The van der Waals surface area contributed by atoms with E-state index in [2.05, 4.69) is 0 Å². The maximum atomic E-state index is 12.5. The van der Waals surface area contributed by atoms with Gasteiger partial charge < -0.3 is 5.11 Å².